The van der Waals surface area contributed by atoms with Crippen LogP contribution in [0, 0.1) is 0 Å². The maximum atomic E-state index is 12.4. The summed E-state index contributed by atoms with van der Waals surface area (Å²) in [6.07, 6.45) is 0. The van der Waals surface area contributed by atoms with E-state index < -0.39 is 21.5 Å². The summed E-state index contributed by atoms with van der Waals surface area (Å²) >= 11 is 3.28. The molecule has 1 N–H and O–H groups in total. The van der Waals surface area contributed by atoms with Crippen molar-refractivity contribution >= 4 is 31.9 Å². The molecule has 0 aromatic heterocycles. The van der Waals surface area contributed by atoms with Crippen molar-refractivity contribution in [1.29, 1.82) is 0 Å². The van der Waals surface area contributed by atoms with Crippen LogP contribution in [0.15, 0.2) is 27.6 Å². The Balaban J connectivity index is 3.20. The van der Waals surface area contributed by atoms with Crippen molar-refractivity contribution in [2.45, 2.75) is 44.7 Å². The third kappa shape index (κ3) is 5.22. The van der Waals surface area contributed by atoms with Gasteiger partial charge < -0.3 is 4.74 Å². The highest BCUT2D eigenvalue weighted by Gasteiger charge is 2.24. The lowest BCUT2D eigenvalue weighted by Gasteiger charge is -2.21. The lowest BCUT2D eigenvalue weighted by atomic mass is 10.1. The van der Waals surface area contributed by atoms with Gasteiger partial charge in [-0.2, -0.15) is 0 Å². The predicted molar refractivity (Wildman–Crippen MR) is 79.7 cm³/mol. The zero-order valence-corrected chi connectivity index (χ0v) is 14.3. The van der Waals surface area contributed by atoms with E-state index in [4.69, 9.17) is 4.74 Å². The molecule has 0 aliphatic carbocycles. The number of esters is 1. The van der Waals surface area contributed by atoms with Crippen LogP contribution in [0.3, 0.4) is 0 Å². The number of ether oxygens (including phenoxy) is 1. The average Bonchev–Trinajstić information content (AvgIpc) is 2.22. The van der Waals surface area contributed by atoms with Gasteiger partial charge in [0.05, 0.1) is 4.90 Å². The van der Waals surface area contributed by atoms with E-state index in [1.165, 1.54) is 13.0 Å². The fourth-order valence-electron chi connectivity index (χ4n) is 1.56. The summed E-state index contributed by atoms with van der Waals surface area (Å²) in [6.45, 7) is 6.47. The molecule has 0 spiro atoms. The van der Waals surface area contributed by atoms with Crippen LogP contribution in [0.1, 0.15) is 33.3 Å². The zero-order chi connectivity index (χ0) is 15.6. The number of hydrogen-bond acceptors (Lipinski definition) is 4. The van der Waals surface area contributed by atoms with Crippen molar-refractivity contribution < 1.29 is 17.9 Å². The Hall–Kier alpha value is -0.920. The third-order valence-electron chi connectivity index (χ3n) is 2.18. The molecule has 0 radical (unpaired) electrons. The summed E-state index contributed by atoms with van der Waals surface area (Å²) in [5, 5.41) is 0. The van der Waals surface area contributed by atoms with Gasteiger partial charge in [0.15, 0.2) is 0 Å². The molecule has 0 aliphatic heterocycles. The number of carbonyl (C=O) groups excluding carboxylic acids is 1. The molecule has 0 heterocycles. The minimum absolute atomic E-state index is 0.0881. The molecule has 0 fully saturated rings. The number of carbonyl (C=O) groups is 1. The molecule has 1 aromatic carbocycles. The molecule has 112 valence electrons. The van der Waals surface area contributed by atoms with E-state index in [0.717, 1.165) is 4.47 Å². The molecule has 0 aliphatic rings. The van der Waals surface area contributed by atoms with Crippen LogP contribution in [0.2, 0.25) is 0 Å². The first-order valence-electron chi connectivity index (χ1n) is 5.97. The quantitative estimate of drug-likeness (QED) is 0.834. The van der Waals surface area contributed by atoms with Crippen molar-refractivity contribution in [2.75, 3.05) is 0 Å². The lowest BCUT2D eigenvalue weighted by molar-refractivity contribution is -0.142. The van der Waals surface area contributed by atoms with Gasteiger partial charge >= 0.3 is 5.97 Å². The Kier molecular flexibility index (Phi) is 5.34. The van der Waals surface area contributed by atoms with Crippen LogP contribution in [0.5, 0.6) is 0 Å². The monoisotopic (exact) mass is 363 g/mol. The third-order valence-corrected chi connectivity index (χ3v) is 4.54. The summed E-state index contributed by atoms with van der Waals surface area (Å²) in [5.41, 5.74) is -0.170. The van der Waals surface area contributed by atoms with Gasteiger partial charge in [0.25, 0.3) is 0 Å². The van der Waals surface area contributed by atoms with Gasteiger partial charge in [-0.1, -0.05) is 15.9 Å². The van der Waals surface area contributed by atoms with E-state index in [2.05, 4.69) is 20.7 Å². The molecular formula is C13H18BrNO4S. The number of rotatable bonds is 4. The Bertz CT molecular complexity index is 605. The maximum absolute atomic E-state index is 12.4. The largest absolute Gasteiger partial charge is 0.461 e. The van der Waals surface area contributed by atoms with Gasteiger partial charge in [-0.15, -0.1) is 0 Å². The van der Waals surface area contributed by atoms with Gasteiger partial charge in [-0.05, 0) is 39.0 Å². The van der Waals surface area contributed by atoms with E-state index in [1.54, 1.807) is 32.9 Å². The second-order valence-electron chi connectivity index (χ2n) is 5.39. The Morgan fingerprint density at radius 2 is 1.95 bits per heavy atom. The summed E-state index contributed by atoms with van der Waals surface area (Å²) in [5.74, 6) is -0.461. The molecule has 0 amide bonds. The Morgan fingerprint density at radius 1 is 1.35 bits per heavy atom. The van der Waals surface area contributed by atoms with Gasteiger partial charge in [0.2, 0.25) is 10.0 Å². The van der Waals surface area contributed by atoms with E-state index in [-0.39, 0.29) is 11.5 Å². The Labute approximate surface area is 127 Å². The number of nitrogens with one attached hydrogen (secondary N) is 1. The highest BCUT2D eigenvalue weighted by atomic mass is 79.9. The van der Waals surface area contributed by atoms with Crippen LogP contribution >= 0.6 is 15.9 Å². The zero-order valence-electron chi connectivity index (χ0n) is 11.9. The van der Waals surface area contributed by atoms with Crippen LogP contribution < -0.4 is 4.72 Å². The number of hydrogen-bond donors (Lipinski definition) is 1. The van der Waals surface area contributed by atoms with Gasteiger partial charge in [-0.3, -0.25) is 4.79 Å². The van der Waals surface area contributed by atoms with Crippen molar-refractivity contribution in [3.63, 3.8) is 0 Å². The van der Waals surface area contributed by atoms with E-state index in [1.807, 2.05) is 0 Å². The highest BCUT2D eigenvalue weighted by Crippen LogP contribution is 2.23. The predicted octanol–water partition coefficient (Wildman–Crippen LogP) is 2.59. The molecule has 5 nitrogen and oxygen atoms in total. The van der Waals surface area contributed by atoms with Crippen molar-refractivity contribution in [2.24, 2.45) is 0 Å². The van der Waals surface area contributed by atoms with E-state index in [9.17, 15) is 13.2 Å². The number of halogens is 1. The number of sulfonamides is 1. The van der Waals surface area contributed by atoms with Gasteiger partial charge in [0.1, 0.15) is 6.61 Å². The topological polar surface area (TPSA) is 72.5 Å². The molecule has 0 atom stereocenters. The maximum Gasteiger partial charge on any atom is 0.302 e. The van der Waals surface area contributed by atoms with Crippen molar-refractivity contribution in [3.8, 4) is 0 Å². The average molecular weight is 364 g/mol. The van der Waals surface area contributed by atoms with E-state index >= 15 is 0 Å². The number of benzene rings is 1. The fourth-order valence-corrected chi connectivity index (χ4v) is 3.60. The summed E-state index contributed by atoms with van der Waals surface area (Å²) < 4.78 is 32.9. The molecule has 7 heteroatoms. The van der Waals surface area contributed by atoms with Crippen LogP contribution in [-0.2, 0) is 26.2 Å². The highest BCUT2D eigenvalue weighted by molar-refractivity contribution is 9.10. The van der Waals surface area contributed by atoms with E-state index in [0.29, 0.717) is 5.56 Å². The first-order valence-corrected chi connectivity index (χ1v) is 8.25. The smallest absolute Gasteiger partial charge is 0.302 e. The first kappa shape index (κ1) is 17.1. The molecule has 20 heavy (non-hydrogen) atoms. The first-order chi connectivity index (χ1) is 9.01. The van der Waals surface area contributed by atoms with Gasteiger partial charge in [-0.25, -0.2) is 13.1 Å². The van der Waals surface area contributed by atoms with Crippen molar-refractivity contribution in [3.05, 3.63) is 28.2 Å². The molecule has 1 rings (SSSR count). The summed E-state index contributed by atoms with van der Waals surface area (Å²) in [7, 11) is -3.68. The van der Waals surface area contributed by atoms with Crippen LogP contribution in [0.4, 0.5) is 0 Å². The standard InChI is InChI=1S/C13H18BrNO4S/c1-9(16)19-8-10-7-11(14)5-6-12(10)20(17,18)15-13(2,3)4/h5-7,15H,8H2,1-4H3. The second-order valence-corrected chi connectivity index (χ2v) is 7.95. The normalized spacial score (nSPS) is 12.2. The molecular weight excluding hydrogens is 346 g/mol. The Morgan fingerprint density at radius 3 is 2.45 bits per heavy atom. The molecule has 0 saturated carbocycles. The van der Waals surface area contributed by atoms with Crippen LogP contribution in [-0.4, -0.2) is 19.9 Å². The molecule has 1 aromatic rings. The van der Waals surface area contributed by atoms with Crippen LogP contribution in [0.25, 0.3) is 0 Å². The minimum atomic E-state index is -3.68. The molecule has 0 bridgehead atoms. The second kappa shape index (κ2) is 6.24. The lowest BCUT2D eigenvalue weighted by Crippen LogP contribution is -2.40. The summed E-state index contributed by atoms with van der Waals surface area (Å²) in [6, 6.07) is 4.74. The molecule has 0 unspecified atom stereocenters. The SMILES string of the molecule is CC(=O)OCc1cc(Br)ccc1S(=O)(=O)NC(C)(C)C. The van der Waals surface area contributed by atoms with Gasteiger partial charge in [0, 0.05) is 22.5 Å². The van der Waals surface area contributed by atoms with Crippen molar-refractivity contribution in [1.82, 2.24) is 4.72 Å². The minimum Gasteiger partial charge on any atom is -0.461 e. The fraction of sp³-hybridized carbons (Fsp3) is 0.462. The molecule has 0 saturated heterocycles. The summed E-state index contributed by atoms with van der Waals surface area (Å²) in [4.78, 5) is 11.0.